The minimum atomic E-state index is -0.533. The molecule has 10 heteroatoms. The Morgan fingerprint density at radius 1 is 0.861 bits per heavy atom. The summed E-state index contributed by atoms with van der Waals surface area (Å²) in [5.41, 5.74) is 3.16. The van der Waals surface area contributed by atoms with Crippen molar-refractivity contribution in [1.29, 1.82) is 0 Å². The molecule has 1 fully saturated rings. The molecule has 2 aromatic carbocycles. The van der Waals surface area contributed by atoms with Crippen LogP contribution >= 0.6 is 0 Å². The van der Waals surface area contributed by atoms with Gasteiger partial charge in [-0.25, -0.2) is 4.79 Å². The first kappa shape index (κ1) is 23.5. The van der Waals surface area contributed by atoms with Crippen molar-refractivity contribution in [1.82, 2.24) is 25.2 Å². The van der Waals surface area contributed by atoms with Crippen molar-refractivity contribution in [3.05, 3.63) is 60.3 Å². The summed E-state index contributed by atoms with van der Waals surface area (Å²) in [6, 6.07) is 16.0. The molecule has 2 aromatic heterocycles. The smallest absolute Gasteiger partial charge is 0.410 e. The number of ether oxygens (including phenoxy) is 1. The van der Waals surface area contributed by atoms with E-state index in [4.69, 9.17) is 13.8 Å². The van der Waals surface area contributed by atoms with E-state index in [1.165, 1.54) is 0 Å². The second-order valence-corrected chi connectivity index (χ2v) is 9.78. The molecule has 0 saturated carbocycles. The molecule has 1 saturated heterocycles. The molecule has 4 aromatic rings. The monoisotopic (exact) mass is 488 g/mol. The van der Waals surface area contributed by atoms with Crippen LogP contribution in [0.3, 0.4) is 0 Å². The maximum Gasteiger partial charge on any atom is 0.410 e. The normalized spacial score (nSPS) is 14.0. The van der Waals surface area contributed by atoms with Crippen molar-refractivity contribution < 1.29 is 18.6 Å². The number of rotatable bonds is 5. The van der Waals surface area contributed by atoms with Gasteiger partial charge in [0.25, 0.3) is 0 Å². The average molecular weight is 489 g/mol. The molecule has 1 aliphatic heterocycles. The lowest BCUT2D eigenvalue weighted by atomic mass is 10.0. The minimum Gasteiger partial charge on any atom is -0.444 e. The number of aryl methyl sites for hydroxylation is 2. The third kappa shape index (κ3) is 4.93. The maximum atomic E-state index is 12.5. The first-order chi connectivity index (χ1) is 17.2. The van der Waals surface area contributed by atoms with Crippen LogP contribution in [0.15, 0.2) is 57.6 Å². The lowest BCUT2D eigenvalue weighted by Crippen LogP contribution is -2.60. The van der Waals surface area contributed by atoms with Gasteiger partial charge >= 0.3 is 6.09 Å². The molecule has 1 aliphatic rings. The van der Waals surface area contributed by atoms with Gasteiger partial charge in [0.05, 0.1) is 6.04 Å². The van der Waals surface area contributed by atoms with E-state index >= 15 is 0 Å². The molecule has 0 spiro atoms. The number of nitrogens with zero attached hydrogens (tertiary/aromatic N) is 6. The zero-order valence-electron chi connectivity index (χ0n) is 20.9. The highest BCUT2D eigenvalue weighted by Crippen LogP contribution is 2.34. The van der Waals surface area contributed by atoms with E-state index < -0.39 is 5.60 Å². The average Bonchev–Trinajstić information content (AvgIpc) is 3.43. The number of anilines is 2. The van der Waals surface area contributed by atoms with Crippen LogP contribution in [0.5, 0.6) is 0 Å². The molecular formula is C26H28N6O4. The van der Waals surface area contributed by atoms with Crippen LogP contribution < -0.4 is 4.90 Å². The highest BCUT2D eigenvalue weighted by atomic mass is 16.6. The summed E-state index contributed by atoms with van der Waals surface area (Å²) < 4.78 is 15.8. The third-order valence-corrected chi connectivity index (χ3v) is 5.74. The molecule has 3 heterocycles. The Labute approximate surface area is 208 Å². The van der Waals surface area contributed by atoms with Gasteiger partial charge in [-0.3, -0.25) is 0 Å². The van der Waals surface area contributed by atoms with Gasteiger partial charge in [0.2, 0.25) is 23.4 Å². The standard InChI is InChI=1S/C26H28N6O4/c1-16-27-23(29-35-16)18-6-10-20(11-7-18)32(22-14-31(15-22)25(33)34-26(3,4)5)21-12-8-19(9-13-21)24-28-17(2)36-30-24/h6-13,22H,14-15H2,1-5H3. The number of benzene rings is 2. The predicted molar refractivity (Wildman–Crippen MR) is 133 cm³/mol. The lowest BCUT2D eigenvalue weighted by Gasteiger charge is -2.46. The topological polar surface area (TPSA) is 111 Å². The Hall–Kier alpha value is -4.21. The fourth-order valence-electron chi connectivity index (χ4n) is 4.04. The molecule has 0 atom stereocenters. The number of hydrogen-bond acceptors (Lipinski definition) is 9. The highest BCUT2D eigenvalue weighted by molar-refractivity contribution is 5.73. The number of carbonyl (C=O) groups is 1. The Morgan fingerprint density at radius 2 is 1.31 bits per heavy atom. The Kier molecular flexibility index (Phi) is 5.95. The van der Waals surface area contributed by atoms with Crippen molar-refractivity contribution in [3.8, 4) is 22.8 Å². The molecule has 0 radical (unpaired) electrons. The fraction of sp³-hybridized carbons (Fsp3) is 0.346. The summed E-state index contributed by atoms with van der Waals surface area (Å²) in [4.78, 5) is 25.1. The van der Waals surface area contributed by atoms with Crippen molar-refractivity contribution >= 4 is 17.5 Å². The van der Waals surface area contributed by atoms with E-state index in [0.29, 0.717) is 36.5 Å². The van der Waals surface area contributed by atoms with Crippen LogP contribution in [-0.4, -0.2) is 56.0 Å². The van der Waals surface area contributed by atoms with Gasteiger partial charge in [-0.1, -0.05) is 10.3 Å². The Bertz CT molecular complexity index is 1260. The quantitative estimate of drug-likeness (QED) is 0.376. The molecule has 36 heavy (non-hydrogen) atoms. The molecule has 0 N–H and O–H groups in total. The van der Waals surface area contributed by atoms with E-state index in [1.54, 1.807) is 18.7 Å². The second kappa shape index (κ2) is 9.10. The fourth-order valence-corrected chi connectivity index (χ4v) is 4.04. The zero-order chi connectivity index (χ0) is 25.4. The molecule has 1 amide bonds. The molecule has 0 aliphatic carbocycles. The van der Waals surface area contributed by atoms with E-state index in [-0.39, 0.29) is 12.1 Å². The van der Waals surface area contributed by atoms with Gasteiger partial charge < -0.3 is 23.6 Å². The second-order valence-electron chi connectivity index (χ2n) is 9.78. The number of carbonyl (C=O) groups excluding carboxylic acids is 1. The van der Waals surface area contributed by atoms with Crippen LogP contribution in [0.2, 0.25) is 0 Å². The summed E-state index contributed by atoms with van der Waals surface area (Å²) >= 11 is 0. The third-order valence-electron chi connectivity index (χ3n) is 5.74. The summed E-state index contributed by atoms with van der Waals surface area (Å²) in [5.74, 6) is 2.13. The van der Waals surface area contributed by atoms with Gasteiger partial charge in [0.1, 0.15) is 5.60 Å². The first-order valence-electron chi connectivity index (χ1n) is 11.7. The van der Waals surface area contributed by atoms with Gasteiger partial charge in [-0.15, -0.1) is 0 Å². The summed E-state index contributed by atoms with van der Waals surface area (Å²) in [7, 11) is 0. The van der Waals surface area contributed by atoms with Crippen LogP contribution in [-0.2, 0) is 4.74 Å². The van der Waals surface area contributed by atoms with Gasteiger partial charge in [0.15, 0.2) is 0 Å². The number of hydrogen-bond donors (Lipinski definition) is 0. The largest absolute Gasteiger partial charge is 0.444 e. The molecule has 10 nitrogen and oxygen atoms in total. The molecular weight excluding hydrogens is 460 g/mol. The van der Waals surface area contributed by atoms with Crippen molar-refractivity contribution in [3.63, 3.8) is 0 Å². The predicted octanol–water partition coefficient (Wildman–Crippen LogP) is 5.16. The summed E-state index contributed by atoms with van der Waals surface area (Å²) in [5, 5.41) is 8.01. The van der Waals surface area contributed by atoms with Crippen molar-refractivity contribution in [2.75, 3.05) is 18.0 Å². The molecule has 186 valence electrons. The van der Waals surface area contributed by atoms with Crippen LogP contribution in [0.25, 0.3) is 22.8 Å². The summed E-state index contributed by atoms with van der Waals surface area (Å²) in [6.45, 7) is 10.2. The maximum absolute atomic E-state index is 12.5. The van der Waals surface area contributed by atoms with Gasteiger partial charge in [-0.05, 0) is 69.3 Å². The van der Waals surface area contributed by atoms with Crippen molar-refractivity contribution in [2.45, 2.75) is 46.3 Å². The lowest BCUT2D eigenvalue weighted by molar-refractivity contribution is 0.00890. The molecule has 0 unspecified atom stereocenters. The number of likely N-dealkylation sites (tertiary alicyclic amines) is 1. The molecule has 0 bridgehead atoms. The minimum absolute atomic E-state index is 0.0778. The van der Waals surface area contributed by atoms with Gasteiger partial charge in [0, 0.05) is 49.4 Å². The zero-order valence-corrected chi connectivity index (χ0v) is 20.9. The van der Waals surface area contributed by atoms with Crippen LogP contribution in [0.4, 0.5) is 16.2 Å². The van der Waals surface area contributed by atoms with Crippen molar-refractivity contribution in [2.24, 2.45) is 0 Å². The van der Waals surface area contributed by atoms with E-state index in [9.17, 15) is 4.79 Å². The van der Waals surface area contributed by atoms with Crippen LogP contribution in [0, 0.1) is 13.8 Å². The Balaban J connectivity index is 1.41. The van der Waals surface area contributed by atoms with E-state index in [1.807, 2.05) is 69.3 Å². The first-order valence-corrected chi connectivity index (χ1v) is 11.7. The van der Waals surface area contributed by atoms with E-state index in [2.05, 4.69) is 25.2 Å². The summed E-state index contributed by atoms with van der Waals surface area (Å²) in [6.07, 6.45) is -0.302. The number of amides is 1. The number of aromatic nitrogens is 4. The highest BCUT2D eigenvalue weighted by Gasteiger charge is 2.38. The van der Waals surface area contributed by atoms with E-state index in [0.717, 1.165) is 22.5 Å². The SMILES string of the molecule is Cc1nc(-c2ccc(N(c3ccc(-c4noc(C)n4)cc3)C3CN(C(=O)OC(C)(C)C)C3)cc2)no1. The van der Waals surface area contributed by atoms with Crippen LogP contribution in [0.1, 0.15) is 32.6 Å². The molecule has 5 rings (SSSR count). The Morgan fingerprint density at radius 3 is 1.67 bits per heavy atom. The van der Waals surface area contributed by atoms with Gasteiger partial charge in [-0.2, -0.15) is 9.97 Å².